The molecule has 1 aliphatic rings. The quantitative estimate of drug-likeness (QED) is 0.488. The van der Waals surface area contributed by atoms with Crippen molar-refractivity contribution in [2.75, 3.05) is 25.5 Å². The molecule has 34 heavy (non-hydrogen) atoms. The minimum atomic E-state index is -3.88. The van der Waals surface area contributed by atoms with Crippen LogP contribution >= 0.6 is 22.9 Å². The second kappa shape index (κ2) is 9.96. The number of nitrogens with one attached hydrogen (secondary N) is 1. The second-order valence-corrected chi connectivity index (χ2v) is 11.4. The van der Waals surface area contributed by atoms with Gasteiger partial charge in [-0.05, 0) is 50.9 Å². The average Bonchev–Trinajstić information content (AvgIpc) is 3.48. The number of carbonyl (C=O) groups is 1. The van der Waals surface area contributed by atoms with Crippen molar-refractivity contribution >= 4 is 50.6 Å². The Morgan fingerprint density at radius 1 is 1.32 bits per heavy atom. The molecule has 1 N–H and O–H groups in total. The lowest BCUT2D eigenvalue weighted by Crippen LogP contribution is -2.40. The molecule has 180 valence electrons. The molecule has 4 rings (SSSR count). The van der Waals surface area contributed by atoms with Gasteiger partial charge in [0.15, 0.2) is 0 Å². The molecule has 3 aromatic rings. The van der Waals surface area contributed by atoms with Crippen LogP contribution in [0, 0.1) is 5.82 Å². The van der Waals surface area contributed by atoms with E-state index in [-0.39, 0.29) is 18.7 Å². The topological polar surface area (TPSA) is 87.5 Å². The number of nitrogens with zero attached hydrogens (tertiary/aromatic N) is 4. The highest BCUT2D eigenvalue weighted by Gasteiger charge is 2.36. The number of aromatic nitrogens is 2. The van der Waals surface area contributed by atoms with E-state index in [4.69, 9.17) is 11.6 Å². The first-order chi connectivity index (χ1) is 16.1. The summed E-state index contributed by atoms with van der Waals surface area (Å²) in [6, 6.07) is 6.97. The van der Waals surface area contributed by atoms with Crippen LogP contribution in [-0.4, -0.2) is 55.5 Å². The number of imidazole rings is 1. The van der Waals surface area contributed by atoms with E-state index in [1.165, 1.54) is 34.4 Å². The highest BCUT2D eigenvalue weighted by molar-refractivity contribution is 7.92. The molecule has 1 aliphatic heterocycles. The fourth-order valence-corrected chi connectivity index (χ4v) is 5.74. The van der Waals surface area contributed by atoms with Crippen LogP contribution in [0.15, 0.2) is 48.1 Å². The second-order valence-electron chi connectivity index (χ2n) is 8.03. The average molecular weight is 524 g/mol. The lowest BCUT2D eigenvalue weighted by Gasteiger charge is -2.19. The lowest BCUT2D eigenvalue weighted by molar-refractivity contribution is -0.118. The van der Waals surface area contributed by atoms with Crippen LogP contribution in [0.5, 0.6) is 0 Å². The fraction of sp³-hybridized carbons (Fsp3) is 0.273. The van der Waals surface area contributed by atoms with Crippen LogP contribution in [0.2, 0.25) is 4.34 Å². The van der Waals surface area contributed by atoms with Crippen LogP contribution in [0.1, 0.15) is 17.1 Å². The summed E-state index contributed by atoms with van der Waals surface area (Å²) in [6.07, 6.45) is 5.03. The molecule has 8 nitrogen and oxygen atoms in total. The van der Waals surface area contributed by atoms with Gasteiger partial charge in [-0.15, -0.1) is 11.3 Å². The van der Waals surface area contributed by atoms with Crippen molar-refractivity contribution in [2.45, 2.75) is 19.0 Å². The molecule has 0 spiro atoms. The first kappa shape index (κ1) is 24.6. The first-order valence-corrected chi connectivity index (χ1v) is 13.1. The number of carbonyl (C=O) groups excluding carboxylic acids is 1. The van der Waals surface area contributed by atoms with Crippen molar-refractivity contribution in [2.24, 2.45) is 0 Å². The Bertz CT molecular complexity index is 1340. The number of thiophene rings is 1. The number of rotatable bonds is 8. The minimum Gasteiger partial charge on any atom is -0.308 e. The monoisotopic (exact) mass is 523 g/mol. The summed E-state index contributed by atoms with van der Waals surface area (Å²) in [4.78, 5) is 21.1. The number of anilines is 1. The van der Waals surface area contributed by atoms with Gasteiger partial charge in [0, 0.05) is 41.0 Å². The zero-order valence-corrected chi connectivity index (χ0v) is 20.9. The summed E-state index contributed by atoms with van der Waals surface area (Å²) in [6.45, 7) is 0.778. The highest BCUT2D eigenvalue weighted by Crippen LogP contribution is 2.28. The third kappa shape index (κ3) is 5.56. The largest absolute Gasteiger partial charge is 0.308 e. The Morgan fingerprint density at radius 3 is 2.79 bits per heavy atom. The van der Waals surface area contributed by atoms with Gasteiger partial charge in [-0.2, -0.15) is 4.72 Å². The van der Waals surface area contributed by atoms with Crippen molar-refractivity contribution in [3.05, 3.63) is 69.0 Å². The highest BCUT2D eigenvalue weighted by atomic mass is 35.5. The maximum absolute atomic E-state index is 15.0. The predicted octanol–water partition coefficient (Wildman–Crippen LogP) is 3.48. The molecule has 0 radical (unpaired) electrons. The third-order valence-corrected chi connectivity index (χ3v) is 7.50. The Morgan fingerprint density at radius 2 is 2.12 bits per heavy atom. The van der Waals surface area contributed by atoms with Crippen LogP contribution < -0.4 is 9.62 Å². The summed E-state index contributed by atoms with van der Waals surface area (Å²) < 4.78 is 44.6. The number of hydrogen-bond acceptors (Lipinski definition) is 6. The number of benzene rings is 1. The fourth-order valence-electron chi connectivity index (χ4n) is 3.67. The molecule has 0 bridgehead atoms. The summed E-state index contributed by atoms with van der Waals surface area (Å²) in [5.41, 5.74) is 0.687. The molecule has 0 saturated carbocycles. The van der Waals surface area contributed by atoms with Gasteiger partial charge >= 0.3 is 0 Å². The maximum atomic E-state index is 15.0. The molecule has 0 unspecified atom stereocenters. The van der Waals surface area contributed by atoms with E-state index < -0.39 is 27.8 Å². The number of hydrogen-bond donors (Lipinski definition) is 1. The van der Waals surface area contributed by atoms with E-state index in [1.807, 2.05) is 19.0 Å². The zero-order valence-electron chi connectivity index (χ0n) is 18.5. The van der Waals surface area contributed by atoms with E-state index in [0.717, 1.165) is 11.2 Å². The van der Waals surface area contributed by atoms with E-state index in [9.17, 15) is 13.2 Å². The first-order valence-electron chi connectivity index (χ1n) is 10.4. The van der Waals surface area contributed by atoms with Crippen LogP contribution in [0.4, 0.5) is 10.1 Å². The van der Waals surface area contributed by atoms with Gasteiger partial charge in [0.05, 0.1) is 16.6 Å². The Labute approximate surface area is 206 Å². The van der Waals surface area contributed by atoms with Crippen molar-refractivity contribution in [3.63, 3.8) is 0 Å². The summed E-state index contributed by atoms with van der Waals surface area (Å²) in [7, 11) is -0.0430. The number of sulfonamides is 1. The Kier molecular flexibility index (Phi) is 7.20. The van der Waals surface area contributed by atoms with Crippen LogP contribution in [-0.2, 0) is 21.4 Å². The van der Waals surface area contributed by atoms with Crippen molar-refractivity contribution in [3.8, 4) is 5.69 Å². The van der Waals surface area contributed by atoms with Crippen molar-refractivity contribution in [1.29, 1.82) is 0 Å². The summed E-state index contributed by atoms with van der Waals surface area (Å²) in [5, 5.41) is 0.997. The lowest BCUT2D eigenvalue weighted by atomic mass is 10.2. The molecule has 1 atom stereocenters. The van der Waals surface area contributed by atoms with Gasteiger partial charge in [0.2, 0.25) is 15.9 Å². The molecule has 1 fully saturated rings. The normalized spacial score (nSPS) is 16.9. The third-order valence-electron chi connectivity index (χ3n) is 5.19. The van der Waals surface area contributed by atoms with Gasteiger partial charge in [-0.25, -0.2) is 17.8 Å². The van der Waals surface area contributed by atoms with Crippen LogP contribution in [0.25, 0.3) is 11.8 Å². The Balaban J connectivity index is 1.47. The van der Waals surface area contributed by atoms with Crippen LogP contribution in [0.3, 0.4) is 0 Å². The SMILES string of the molecule is CN(C)Cc1nccn1-c1ccc(N2CC[C@H](NS(=O)(=O)/C=C/c3ccc(Cl)s3)C2=O)c(F)c1. The van der Waals surface area contributed by atoms with Gasteiger partial charge < -0.3 is 14.4 Å². The molecule has 1 amide bonds. The zero-order chi connectivity index (χ0) is 24.5. The van der Waals surface area contributed by atoms with Gasteiger partial charge in [-0.1, -0.05) is 11.6 Å². The molecule has 1 aromatic carbocycles. The smallest absolute Gasteiger partial charge is 0.245 e. The summed E-state index contributed by atoms with van der Waals surface area (Å²) in [5.74, 6) is -0.325. The van der Waals surface area contributed by atoms with Gasteiger partial charge in [0.25, 0.3) is 0 Å². The molecule has 2 aromatic heterocycles. The maximum Gasteiger partial charge on any atom is 0.245 e. The molecule has 12 heteroatoms. The van der Waals surface area contributed by atoms with Crippen molar-refractivity contribution < 1.29 is 17.6 Å². The standard InChI is InChI=1S/C22H23ClFN5O3S2/c1-27(2)14-21-25-9-11-28(21)15-3-5-19(17(24)13-15)29-10-7-18(22(29)30)26-34(31,32)12-8-16-4-6-20(23)33-16/h3-6,8-9,11-13,18,26H,7,10,14H2,1-2H3/b12-8+/t18-/m0/s1. The van der Waals surface area contributed by atoms with Crippen molar-refractivity contribution in [1.82, 2.24) is 19.2 Å². The van der Waals surface area contributed by atoms with E-state index in [0.29, 0.717) is 21.4 Å². The summed E-state index contributed by atoms with van der Waals surface area (Å²) >= 11 is 7.09. The molecular formula is C22H23ClFN5O3S2. The van der Waals surface area contributed by atoms with Gasteiger partial charge in [0.1, 0.15) is 17.7 Å². The predicted molar refractivity (Wildman–Crippen MR) is 132 cm³/mol. The molecule has 1 saturated heterocycles. The van der Waals surface area contributed by atoms with Gasteiger partial charge in [-0.3, -0.25) is 4.79 Å². The molecule has 3 heterocycles. The minimum absolute atomic E-state index is 0.105. The Hall–Kier alpha value is -2.57. The molecule has 0 aliphatic carbocycles. The molecular weight excluding hydrogens is 501 g/mol. The van der Waals surface area contributed by atoms with E-state index in [2.05, 4.69) is 9.71 Å². The number of halogens is 2. The number of amides is 1. The van der Waals surface area contributed by atoms with E-state index in [1.54, 1.807) is 35.2 Å². The van der Waals surface area contributed by atoms with E-state index >= 15 is 4.39 Å².